The van der Waals surface area contributed by atoms with Gasteiger partial charge < -0.3 is 14.5 Å². The van der Waals surface area contributed by atoms with E-state index in [4.69, 9.17) is 16.3 Å². The number of rotatable bonds is 1. The van der Waals surface area contributed by atoms with E-state index in [-0.39, 0.29) is 28.3 Å². The Bertz CT molecular complexity index is 936. The number of ether oxygens (including phenoxy) is 1. The van der Waals surface area contributed by atoms with Crippen LogP contribution in [0.25, 0.3) is 10.9 Å². The summed E-state index contributed by atoms with van der Waals surface area (Å²) in [4.78, 5) is 24.5. The minimum Gasteiger partial charge on any atom is -0.444 e. The highest BCUT2D eigenvalue weighted by Gasteiger charge is 2.50. The maximum atomic E-state index is 14.4. The van der Waals surface area contributed by atoms with Gasteiger partial charge in [0.15, 0.2) is 5.82 Å². The molecule has 0 aliphatic carbocycles. The van der Waals surface area contributed by atoms with Crippen LogP contribution in [0.3, 0.4) is 0 Å². The third-order valence-corrected chi connectivity index (χ3v) is 5.78. The second-order valence-corrected chi connectivity index (χ2v) is 8.99. The van der Waals surface area contributed by atoms with Crippen LogP contribution >= 0.6 is 27.5 Å². The normalized spacial score (nSPS) is 22.0. The Morgan fingerprint density at radius 2 is 2.07 bits per heavy atom. The molecule has 0 aromatic carbocycles. The minimum atomic E-state index is -0.528. The standard InChI is InChI=1S/C18H19BrClFN4O2/c1-18(2,3)27-17(26)24-5-4-11-12(24)8-25(11)15-9-6-23-16(19)13(21)14(9)22-7-10(15)20/h6-7,11-12H,4-5,8H2,1-3H3/t11-,12-/m1/s1. The number of anilines is 1. The van der Waals surface area contributed by atoms with Crippen LogP contribution in [0.4, 0.5) is 14.9 Å². The summed E-state index contributed by atoms with van der Waals surface area (Å²) in [6.07, 6.45) is 3.54. The number of pyridine rings is 2. The molecule has 144 valence electrons. The molecule has 2 aliphatic rings. The van der Waals surface area contributed by atoms with Crippen LogP contribution < -0.4 is 4.90 Å². The lowest BCUT2D eigenvalue weighted by atomic mass is 9.95. The van der Waals surface area contributed by atoms with E-state index in [1.54, 1.807) is 11.1 Å². The first-order valence-electron chi connectivity index (χ1n) is 8.72. The van der Waals surface area contributed by atoms with E-state index in [2.05, 4.69) is 30.8 Å². The van der Waals surface area contributed by atoms with Crippen LogP contribution in [0, 0.1) is 5.82 Å². The van der Waals surface area contributed by atoms with Crippen LogP contribution in [0.15, 0.2) is 17.0 Å². The Balaban J connectivity index is 1.62. The average molecular weight is 458 g/mol. The summed E-state index contributed by atoms with van der Waals surface area (Å²) in [6.45, 7) is 6.80. The Kier molecular flexibility index (Phi) is 4.46. The van der Waals surface area contributed by atoms with Crippen LogP contribution in [-0.4, -0.2) is 51.7 Å². The molecular weight excluding hydrogens is 439 g/mol. The fourth-order valence-corrected chi connectivity index (χ4v) is 4.33. The van der Waals surface area contributed by atoms with Gasteiger partial charge in [-0.1, -0.05) is 11.6 Å². The number of aromatic nitrogens is 2. The Labute approximate surface area is 169 Å². The van der Waals surface area contributed by atoms with E-state index in [1.807, 2.05) is 20.8 Å². The fraction of sp³-hybridized carbons (Fsp3) is 0.500. The molecule has 1 amide bonds. The van der Waals surface area contributed by atoms with Gasteiger partial charge in [0, 0.05) is 30.9 Å². The van der Waals surface area contributed by atoms with Gasteiger partial charge in [0.1, 0.15) is 15.7 Å². The van der Waals surface area contributed by atoms with Crippen LogP contribution in [0.1, 0.15) is 27.2 Å². The molecule has 9 heteroatoms. The number of hydrogen-bond donors (Lipinski definition) is 0. The van der Waals surface area contributed by atoms with Crippen molar-refractivity contribution < 1.29 is 13.9 Å². The van der Waals surface area contributed by atoms with Crippen molar-refractivity contribution >= 4 is 50.2 Å². The van der Waals surface area contributed by atoms with Crippen LogP contribution in [0.2, 0.25) is 5.02 Å². The molecule has 27 heavy (non-hydrogen) atoms. The first kappa shape index (κ1) is 18.7. The van der Waals surface area contributed by atoms with E-state index in [9.17, 15) is 9.18 Å². The third-order valence-electron chi connectivity index (χ3n) is 4.95. The first-order valence-corrected chi connectivity index (χ1v) is 9.89. The van der Waals surface area contributed by atoms with E-state index >= 15 is 0 Å². The zero-order valence-electron chi connectivity index (χ0n) is 15.2. The quantitative estimate of drug-likeness (QED) is 0.595. The molecule has 2 atom stereocenters. The van der Waals surface area contributed by atoms with Gasteiger partial charge in [-0.05, 0) is 43.1 Å². The predicted molar refractivity (Wildman–Crippen MR) is 105 cm³/mol. The molecule has 0 N–H and O–H groups in total. The van der Waals surface area contributed by atoms with Crippen molar-refractivity contribution in [3.63, 3.8) is 0 Å². The molecule has 2 aromatic rings. The Morgan fingerprint density at radius 3 is 2.78 bits per heavy atom. The average Bonchev–Trinajstić information content (AvgIpc) is 2.88. The van der Waals surface area contributed by atoms with Crippen molar-refractivity contribution in [3.05, 3.63) is 27.8 Å². The molecule has 4 heterocycles. The van der Waals surface area contributed by atoms with Crippen LogP contribution in [-0.2, 0) is 4.74 Å². The smallest absolute Gasteiger partial charge is 0.410 e. The summed E-state index contributed by atoms with van der Waals surface area (Å²) in [6, 6.07) is 0.180. The van der Waals surface area contributed by atoms with Crippen molar-refractivity contribution in [3.8, 4) is 0 Å². The summed E-state index contributed by atoms with van der Waals surface area (Å²) >= 11 is 9.50. The molecule has 0 unspecified atom stereocenters. The maximum Gasteiger partial charge on any atom is 0.410 e. The molecular formula is C18H19BrClFN4O2. The molecule has 0 saturated carbocycles. The molecule has 0 spiro atoms. The summed E-state index contributed by atoms with van der Waals surface area (Å²) in [5.41, 5.74) is 0.411. The monoisotopic (exact) mass is 456 g/mol. The van der Waals surface area contributed by atoms with Crippen molar-refractivity contribution in [2.24, 2.45) is 0 Å². The summed E-state index contributed by atoms with van der Waals surface area (Å²) in [5, 5.41) is 1.01. The van der Waals surface area contributed by atoms with Crippen molar-refractivity contribution in [1.82, 2.24) is 14.9 Å². The lowest BCUT2D eigenvalue weighted by Gasteiger charge is -2.48. The second-order valence-electron chi connectivity index (χ2n) is 7.83. The lowest BCUT2D eigenvalue weighted by molar-refractivity contribution is 0.0194. The number of amides is 1. The van der Waals surface area contributed by atoms with Crippen LogP contribution in [0.5, 0.6) is 0 Å². The molecule has 2 fully saturated rings. The van der Waals surface area contributed by atoms with Gasteiger partial charge in [-0.2, -0.15) is 0 Å². The number of halogens is 3. The second kappa shape index (κ2) is 6.44. The number of carbonyl (C=O) groups excluding carboxylic acids is 1. The Morgan fingerprint density at radius 1 is 1.33 bits per heavy atom. The van der Waals surface area contributed by atoms with E-state index in [1.165, 1.54) is 6.20 Å². The predicted octanol–water partition coefficient (Wildman–Crippen LogP) is 4.38. The van der Waals surface area contributed by atoms with Crippen molar-refractivity contribution in [2.75, 3.05) is 18.0 Å². The van der Waals surface area contributed by atoms with Gasteiger partial charge in [0.05, 0.1) is 22.8 Å². The number of carbonyl (C=O) groups is 1. The van der Waals surface area contributed by atoms with Gasteiger partial charge in [-0.25, -0.2) is 14.2 Å². The summed E-state index contributed by atoms with van der Waals surface area (Å²) in [5.74, 6) is -0.510. The highest BCUT2D eigenvalue weighted by atomic mass is 79.9. The molecule has 2 aromatic heterocycles. The van der Waals surface area contributed by atoms with Gasteiger partial charge in [0.2, 0.25) is 0 Å². The van der Waals surface area contributed by atoms with E-state index < -0.39 is 11.4 Å². The van der Waals surface area contributed by atoms with Gasteiger partial charge in [-0.15, -0.1) is 0 Å². The molecule has 2 aliphatic heterocycles. The molecule has 0 radical (unpaired) electrons. The van der Waals surface area contributed by atoms with Crippen molar-refractivity contribution in [1.29, 1.82) is 0 Å². The Hall–Kier alpha value is -1.67. The highest BCUT2D eigenvalue weighted by Crippen LogP contribution is 2.43. The number of likely N-dealkylation sites (tertiary alicyclic amines) is 1. The molecule has 2 saturated heterocycles. The maximum absolute atomic E-state index is 14.4. The number of fused-ring (bicyclic) bond motifs is 2. The SMILES string of the molecule is CC(C)(C)OC(=O)N1CC[C@@H]2[C@H]1CN2c1c(Cl)cnc2c(F)c(Br)ncc12. The van der Waals surface area contributed by atoms with Crippen molar-refractivity contribution in [2.45, 2.75) is 44.9 Å². The zero-order valence-corrected chi connectivity index (χ0v) is 17.5. The molecule has 0 bridgehead atoms. The van der Waals surface area contributed by atoms with E-state index in [0.717, 1.165) is 6.42 Å². The molecule has 4 rings (SSSR count). The molecule has 6 nitrogen and oxygen atoms in total. The minimum absolute atomic E-state index is 0.0624. The zero-order chi connectivity index (χ0) is 19.5. The first-order chi connectivity index (χ1) is 12.7. The van der Waals surface area contributed by atoms with E-state index in [0.29, 0.717) is 29.2 Å². The van der Waals surface area contributed by atoms with Gasteiger partial charge in [-0.3, -0.25) is 4.98 Å². The lowest BCUT2D eigenvalue weighted by Crippen LogP contribution is -2.63. The topological polar surface area (TPSA) is 58.6 Å². The van der Waals surface area contributed by atoms with Gasteiger partial charge in [0.25, 0.3) is 0 Å². The van der Waals surface area contributed by atoms with Gasteiger partial charge >= 0.3 is 6.09 Å². The number of hydrogen-bond acceptors (Lipinski definition) is 5. The third kappa shape index (κ3) is 3.12. The highest BCUT2D eigenvalue weighted by molar-refractivity contribution is 9.10. The summed E-state index contributed by atoms with van der Waals surface area (Å²) < 4.78 is 20.0. The largest absolute Gasteiger partial charge is 0.444 e. The summed E-state index contributed by atoms with van der Waals surface area (Å²) in [7, 11) is 0. The number of nitrogens with zero attached hydrogens (tertiary/aromatic N) is 4. The fourth-order valence-electron chi connectivity index (χ4n) is 3.78.